The lowest BCUT2D eigenvalue weighted by atomic mass is 9.96. The fraction of sp³-hybridized carbons (Fsp3) is 0.571. The second-order valence-electron chi connectivity index (χ2n) is 4.49. The van der Waals surface area contributed by atoms with Crippen molar-refractivity contribution in [3.8, 4) is 5.75 Å². The van der Waals surface area contributed by atoms with Crippen LogP contribution in [-0.4, -0.2) is 20.2 Å². The summed E-state index contributed by atoms with van der Waals surface area (Å²) in [7, 11) is 3.77. The molecule has 2 heteroatoms. The molecule has 0 saturated heterocycles. The van der Waals surface area contributed by atoms with Crippen LogP contribution in [0, 0.1) is 5.92 Å². The van der Waals surface area contributed by atoms with Gasteiger partial charge >= 0.3 is 0 Å². The number of ether oxygens (including phenoxy) is 1. The molecular formula is C14H23NO. The Hall–Kier alpha value is -1.02. The molecule has 90 valence electrons. The lowest BCUT2D eigenvalue weighted by molar-refractivity contribution is 0.389. The molecule has 0 radical (unpaired) electrons. The third-order valence-electron chi connectivity index (χ3n) is 3.09. The fourth-order valence-electron chi connectivity index (χ4n) is 2.03. The van der Waals surface area contributed by atoms with Gasteiger partial charge in [0.05, 0.1) is 7.11 Å². The molecule has 0 bridgehead atoms. The van der Waals surface area contributed by atoms with Gasteiger partial charge < -0.3 is 10.1 Å². The van der Waals surface area contributed by atoms with Crippen molar-refractivity contribution in [1.82, 2.24) is 5.32 Å². The molecule has 1 rings (SSSR count). The van der Waals surface area contributed by atoms with Crippen molar-refractivity contribution >= 4 is 0 Å². The Morgan fingerprint density at radius 3 is 2.50 bits per heavy atom. The third-order valence-corrected chi connectivity index (χ3v) is 3.09. The van der Waals surface area contributed by atoms with Crippen molar-refractivity contribution in [2.75, 3.05) is 14.2 Å². The number of hydrogen-bond acceptors (Lipinski definition) is 2. The molecule has 0 fully saturated rings. The Morgan fingerprint density at radius 1 is 1.25 bits per heavy atom. The van der Waals surface area contributed by atoms with E-state index in [9.17, 15) is 0 Å². The Labute approximate surface area is 99.0 Å². The van der Waals surface area contributed by atoms with Crippen LogP contribution in [0.4, 0.5) is 0 Å². The number of methoxy groups -OCH3 is 1. The molecule has 1 aromatic carbocycles. The quantitative estimate of drug-likeness (QED) is 0.797. The SMILES string of the molecule is CNC(CCc1ccccc1OC)C(C)C. The fourth-order valence-corrected chi connectivity index (χ4v) is 2.03. The topological polar surface area (TPSA) is 21.3 Å². The molecule has 0 aliphatic carbocycles. The van der Waals surface area contributed by atoms with Crippen LogP contribution in [0.2, 0.25) is 0 Å². The van der Waals surface area contributed by atoms with Crippen LogP contribution in [0.25, 0.3) is 0 Å². The van der Waals surface area contributed by atoms with Gasteiger partial charge in [-0.2, -0.15) is 0 Å². The Kier molecular flexibility index (Phi) is 5.33. The van der Waals surface area contributed by atoms with Crippen LogP contribution in [0.5, 0.6) is 5.75 Å². The number of rotatable bonds is 6. The molecule has 1 N–H and O–H groups in total. The zero-order valence-corrected chi connectivity index (χ0v) is 10.8. The van der Waals surface area contributed by atoms with E-state index in [2.05, 4.69) is 31.3 Å². The van der Waals surface area contributed by atoms with E-state index in [0.717, 1.165) is 18.6 Å². The maximum absolute atomic E-state index is 5.35. The van der Waals surface area contributed by atoms with E-state index in [-0.39, 0.29) is 0 Å². The van der Waals surface area contributed by atoms with Gasteiger partial charge in [-0.15, -0.1) is 0 Å². The molecule has 0 spiro atoms. The normalized spacial score (nSPS) is 12.8. The molecular weight excluding hydrogens is 198 g/mol. The number of benzene rings is 1. The zero-order valence-electron chi connectivity index (χ0n) is 10.8. The van der Waals surface area contributed by atoms with Crippen LogP contribution in [-0.2, 0) is 6.42 Å². The molecule has 1 unspecified atom stereocenters. The molecule has 0 aliphatic heterocycles. The van der Waals surface area contributed by atoms with Crippen LogP contribution >= 0.6 is 0 Å². The van der Waals surface area contributed by atoms with E-state index in [1.54, 1.807) is 7.11 Å². The van der Waals surface area contributed by atoms with Crippen molar-refractivity contribution in [2.45, 2.75) is 32.7 Å². The molecule has 2 nitrogen and oxygen atoms in total. The minimum Gasteiger partial charge on any atom is -0.496 e. The molecule has 1 atom stereocenters. The first-order chi connectivity index (χ1) is 7.69. The van der Waals surface area contributed by atoms with Gasteiger partial charge in [0, 0.05) is 6.04 Å². The number of hydrogen-bond donors (Lipinski definition) is 1. The highest BCUT2D eigenvalue weighted by Crippen LogP contribution is 2.20. The summed E-state index contributed by atoms with van der Waals surface area (Å²) in [5, 5.41) is 3.37. The maximum atomic E-state index is 5.35. The Balaban J connectivity index is 2.59. The molecule has 0 saturated carbocycles. The van der Waals surface area contributed by atoms with Gasteiger partial charge in [-0.25, -0.2) is 0 Å². The second kappa shape index (κ2) is 6.54. The molecule has 1 aromatic rings. The first-order valence-electron chi connectivity index (χ1n) is 5.98. The first kappa shape index (κ1) is 13.0. The average Bonchev–Trinajstić information content (AvgIpc) is 2.30. The predicted octanol–water partition coefficient (Wildman–Crippen LogP) is 2.87. The van der Waals surface area contributed by atoms with Crippen molar-refractivity contribution in [1.29, 1.82) is 0 Å². The summed E-state index contributed by atoms with van der Waals surface area (Å²) in [6.45, 7) is 4.51. The van der Waals surface area contributed by atoms with Gasteiger partial charge in [-0.3, -0.25) is 0 Å². The summed E-state index contributed by atoms with van der Waals surface area (Å²) < 4.78 is 5.35. The maximum Gasteiger partial charge on any atom is 0.122 e. The van der Waals surface area contributed by atoms with E-state index < -0.39 is 0 Å². The van der Waals surface area contributed by atoms with Crippen molar-refractivity contribution < 1.29 is 4.74 Å². The van der Waals surface area contributed by atoms with Gasteiger partial charge in [-0.05, 0) is 37.4 Å². The Morgan fingerprint density at radius 2 is 1.94 bits per heavy atom. The van der Waals surface area contributed by atoms with Crippen molar-refractivity contribution in [3.05, 3.63) is 29.8 Å². The van der Waals surface area contributed by atoms with E-state index >= 15 is 0 Å². The molecule has 0 aromatic heterocycles. The second-order valence-corrected chi connectivity index (χ2v) is 4.49. The van der Waals surface area contributed by atoms with Gasteiger partial charge in [-0.1, -0.05) is 32.0 Å². The largest absolute Gasteiger partial charge is 0.496 e. The molecule has 0 heterocycles. The smallest absolute Gasteiger partial charge is 0.122 e. The van der Waals surface area contributed by atoms with Crippen LogP contribution in [0.15, 0.2) is 24.3 Å². The van der Waals surface area contributed by atoms with Gasteiger partial charge in [0.25, 0.3) is 0 Å². The summed E-state index contributed by atoms with van der Waals surface area (Å²) >= 11 is 0. The summed E-state index contributed by atoms with van der Waals surface area (Å²) in [5.41, 5.74) is 1.30. The number of nitrogens with one attached hydrogen (secondary N) is 1. The summed E-state index contributed by atoms with van der Waals surface area (Å²) in [6.07, 6.45) is 2.21. The summed E-state index contributed by atoms with van der Waals surface area (Å²) in [4.78, 5) is 0. The highest BCUT2D eigenvalue weighted by Gasteiger charge is 2.11. The highest BCUT2D eigenvalue weighted by atomic mass is 16.5. The average molecular weight is 221 g/mol. The highest BCUT2D eigenvalue weighted by molar-refractivity contribution is 5.33. The monoisotopic (exact) mass is 221 g/mol. The lowest BCUT2D eigenvalue weighted by Gasteiger charge is -2.20. The van der Waals surface area contributed by atoms with Crippen molar-refractivity contribution in [2.24, 2.45) is 5.92 Å². The van der Waals surface area contributed by atoms with Crippen LogP contribution in [0.1, 0.15) is 25.8 Å². The first-order valence-corrected chi connectivity index (χ1v) is 5.98. The lowest BCUT2D eigenvalue weighted by Crippen LogP contribution is -2.31. The van der Waals surface area contributed by atoms with E-state index in [4.69, 9.17) is 4.74 Å². The van der Waals surface area contributed by atoms with E-state index in [1.807, 2.05) is 19.2 Å². The zero-order chi connectivity index (χ0) is 12.0. The minimum absolute atomic E-state index is 0.574. The van der Waals surface area contributed by atoms with E-state index in [0.29, 0.717) is 12.0 Å². The predicted molar refractivity (Wildman–Crippen MR) is 69.0 cm³/mol. The van der Waals surface area contributed by atoms with Gasteiger partial charge in [0.1, 0.15) is 5.75 Å². The number of aryl methyl sites for hydroxylation is 1. The molecule has 0 amide bonds. The number of para-hydroxylation sites is 1. The summed E-state index contributed by atoms with van der Waals surface area (Å²) in [5.74, 6) is 1.67. The third kappa shape index (κ3) is 3.53. The van der Waals surface area contributed by atoms with Gasteiger partial charge in [0.2, 0.25) is 0 Å². The van der Waals surface area contributed by atoms with Crippen LogP contribution in [0.3, 0.4) is 0 Å². The van der Waals surface area contributed by atoms with Gasteiger partial charge in [0.15, 0.2) is 0 Å². The standard InChI is InChI=1S/C14H23NO/c1-11(2)13(15-3)10-9-12-7-5-6-8-14(12)16-4/h5-8,11,13,15H,9-10H2,1-4H3. The molecule has 0 aliphatic rings. The summed E-state index contributed by atoms with van der Waals surface area (Å²) in [6, 6.07) is 8.83. The molecule has 16 heavy (non-hydrogen) atoms. The van der Waals surface area contributed by atoms with E-state index in [1.165, 1.54) is 5.56 Å². The van der Waals surface area contributed by atoms with Crippen LogP contribution < -0.4 is 10.1 Å². The van der Waals surface area contributed by atoms with Crippen molar-refractivity contribution in [3.63, 3.8) is 0 Å². The minimum atomic E-state index is 0.574. The Bertz CT molecular complexity index is 309.